The number of para-hydroxylation sites is 2. The number of amides is 2. The van der Waals surface area contributed by atoms with Crippen molar-refractivity contribution < 1.29 is 19.1 Å². The highest BCUT2D eigenvalue weighted by atomic mass is 32.1. The van der Waals surface area contributed by atoms with Crippen LogP contribution in [0, 0.1) is 0 Å². The van der Waals surface area contributed by atoms with E-state index in [0.717, 1.165) is 22.0 Å². The third kappa shape index (κ3) is 4.33. The fraction of sp³-hybridized carbons (Fsp3) is 0.120. The van der Waals surface area contributed by atoms with Gasteiger partial charge >= 0.3 is 0 Å². The van der Waals surface area contributed by atoms with Crippen molar-refractivity contribution in [3.05, 3.63) is 72.2 Å². The summed E-state index contributed by atoms with van der Waals surface area (Å²) in [4.78, 5) is 36.0. The van der Waals surface area contributed by atoms with Gasteiger partial charge in [0.05, 0.1) is 29.9 Å². The van der Waals surface area contributed by atoms with Crippen LogP contribution in [0.5, 0.6) is 11.5 Å². The highest BCUT2D eigenvalue weighted by molar-refractivity contribution is 7.13. The molecule has 0 spiro atoms. The first kappa shape index (κ1) is 21.6. The number of hydrogen-bond donors (Lipinski definition) is 1. The van der Waals surface area contributed by atoms with Crippen LogP contribution >= 0.6 is 11.3 Å². The summed E-state index contributed by atoms with van der Waals surface area (Å²) < 4.78 is 10.9. The molecule has 4 aromatic rings. The average Bonchev–Trinajstić information content (AvgIpc) is 3.37. The molecule has 2 aromatic heterocycles. The average molecular weight is 473 g/mol. The molecule has 0 unspecified atom stereocenters. The first-order chi connectivity index (χ1) is 16.6. The normalized spacial score (nSPS) is 12.6. The van der Waals surface area contributed by atoms with E-state index in [0.29, 0.717) is 22.9 Å². The molecule has 5 rings (SSSR count). The minimum Gasteiger partial charge on any atom is -0.495 e. The van der Waals surface area contributed by atoms with Crippen LogP contribution in [-0.2, 0) is 9.59 Å². The Morgan fingerprint density at radius 1 is 1.15 bits per heavy atom. The van der Waals surface area contributed by atoms with Crippen LogP contribution in [0.4, 0.5) is 11.4 Å². The number of carbonyl (C=O) groups is 2. The number of fused-ring (bicyclic) bond motifs is 1. The number of hydrogen-bond acceptors (Lipinski definition) is 7. The van der Waals surface area contributed by atoms with Crippen LogP contribution in [0.3, 0.4) is 0 Å². The quantitative estimate of drug-likeness (QED) is 0.451. The van der Waals surface area contributed by atoms with E-state index in [4.69, 9.17) is 14.5 Å². The largest absolute Gasteiger partial charge is 0.495 e. The van der Waals surface area contributed by atoms with E-state index >= 15 is 0 Å². The van der Waals surface area contributed by atoms with E-state index in [2.05, 4.69) is 10.3 Å². The van der Waals surface area contributed by atoms with Crippen LogP contribution < -0.4 is 19.7 Å². The lowest BCUT2D eigenvalue weighted by Gasteiger charge is -2.29. The fourth-order valence-electron chi connectivity index (χ4n) is 3.63. The van der Waals surface area contributed by atoms with Gasteiger partial charge in [-0.25, -0.2) is 4.98 Å². The topological polar surface area (TPSA) is 93.7 Å². The molecule has 0 bridgehead atoms. The number of ether oxygens (including phenoxy) is 2. The second kappa shape index (κ2) is 9.32. The van der Waals surface area contributed by atoms with Crippen molar-refractivity contribution in [2.75, 3.05) is 30.5 Å². The summed E-state index contributed by atoms with van der Waals surface area (Å²) >= 11 is 1.49. The highest BCUT2D eigenvalue weighted by Crippen LogP contribution is 2.37. The van der Waals surface area contributed by atoms with Gasteiger partial charge in [-0.1, -0.05) is 18.2 Å². The molecule has 1 aliphatic rings. The van der Waals surface area contributed by atoms with Gasteiger partial charge in [-0.15, -0.1) is 11.3 Å². The summed E-state index contributed by atoms with van der Waals surface area (Å²) in [6.45, 7) is -0.290. The first-order valence-electron chi connectivity index (χ1n) is 10.5. The Hall–Kier alpha value is -4.24. The van der Waals surface area contributed by atoms with Crippen LogP contribution in [0.2, 0.25) is 0 Å². The molecular weight excluding hydrogens is 452 g/mol. The lowest BCUT2D eigenvalue weighted by atomic mass is 10.1. The second-order valence-electron chi connectivity index (χ2n) is 7.45. The maximum Gasteiger partial charge on any atom is 0.265 e. The number of nitrogens with zero attached hydrogens (tertiary/aromatic N) is 3. The monoisotopic (exact) mass is 472 g/mol. The molecule has 0 radical (unpaired) electrons. The van der Waals surface area contributed by atoms with E-state index in [9.17, 15) is 9.59 Å². The molecule has 9 heteroatoms. The molecule has 1 aliphatic heterocycles. The minimum absolute atomic E-state index is 0.130. The number of rotatable bonds is 6. The Balaban J connectivity index is 1.40. The summed E-state index contributed by atoms with van der Waals surface area (Å²) in [7, 11) is 1.53. The van der Waals surface area contributed by atoms with Gasteiger partial charge in [-0.05, 0) is 42.5 Å². The standard InChI is InChI=1S/C25H20N4O4S/c1-32-21-8-3-2-6-17(21)27-23(30)13-29-20-12-16(9-10-22(20)33-14-24(29)31)19-15-34-25(28-19)18-7-4-5-11-26-18/h2-12,15H,13-14H2,1H3,(H,27,30). The zero-order valence-electron chi connectivity index (χ0n) is 18.2. The fourth-order valence-corrected chi connectivity index (χ4v) is 4.43. The molecule has 0 saturated heterocycles. The maximum atomic E-state index is 12.8. The third-order valence-corrected chi connectivity index (χ3v) is 6.13. The van der Waals surface area contributed by atoms with Gasteiger partial charge < -0.3 is 14.8 Å². The number of methoxy groups -OCH3 is 1. The predicted molar refractivity (Wildman–Crippen MR) is 130 cm³/mol. The number of anilines is 2. The van der Waals surface area contributed by atoms with E-state index in [-0.39, 0.29) is 25.0 Å². The molecule has 170 valence electrons. The van der Waals surface area contributed by atoms with Crippen molar-refractivity contribution in [2.45, 2.75) is 0 Å². The zero-order valence-corrected chi connectivity index (χ0v) is 19.0. The van der Waals surface area contributed by atoms with Gasteiger partial charge in [0.15, 0.2) is 6.61 Å². The molecule has 0 saturated carbocycles. The molecule has 34 heavy (non-hydrogen) atoms. The van der Waals surface area contributed by atoms with Crippen molar-refractivity contribution >= 4 is 34.5 Å². The van der Waals surface area contributed by atoms with Gasteiger partial charge in [0.25, 0.3) is 5.91 Å². The number of thiazole rings is 1. The number of aromatic nitrogens is 2. The van der Waals surface area contributed by atoms with E-state index in [1.165, 1.54) is 23.3 Å². The lowest BCUT2D eigenvalue weighted by Crippen LogP contribution is -2.43. The molecule has 1 N–H and O–H groups in total. The van der Waals surface area contributed by atoms with E-state index in [1.54, 1.807) is 30.5 Å². The molecule has 2 amide bonds. The Labute approximate surface area is 199 Å². The summed E-state index contributed by atoms with van der Waals surface area (Å²) in [5.74, 6) is 0.433. The number of carbonyl (C=O) groups excluding carboxylic acids is 2. The van der Waals surface area contributed by atoms with Gasteiger partial charge in [0.2, 0.25) is 5.91 Å². The Kier molecular flexibility index (Phi) is 5.92. The summed E-state index contributed by atoms with van der Waals surface area (Å²) in [6.07, 6.45) is 1.73. The maximum absolute atomic E-state index is 12.8. The summed E-state index contributed by atoms with van der Waals surface area (Å²) in [6, 6.07) is 18.3. The zero-order chi connectivity index (χ0) is 23.5. The molecule has 3 heterocycles. The highest BCUT2D eigenvalue weighted by Gasteiger charge is 2.28. The molecule has 0 fully saturated rings. The molecule has 8 nitrogen and oxygen atoms in total. The lowest BCUT2D eigenvalue weighted by molar-refractivity contribution is -0.123. The van der Waals surface area contributed by atoms with E-state index < -0.39 is 0 Å². The Bertz CT molecular complexity index is 1360. The van der Waals surface area contributed by atoms with Crippen molar-refractivity contribution in [3.63, 3.8) is 0 Å². The summed E-state index contributed by atoms with van der Waals surface area (Å²) in [5, 5.41) is 5.55. The van der Waals surface area contributed by atoms with Gasteiger partial charge in [0, 0.05) is 17.1 Å². The molecule has 2 aromatic carbocycles. The molecular formula is C25H20N4O4S. The van der Waals surface area contributed by atoms with E-state index in [1.807, 2.05) is 41.8 Å². The second-order valence-corrected chi connectivity index (χ2v) is 8.31. The van der Waals surface area contributed by atoms with Crippen molar-refractivity contribution in [2.24, 2.45) is 0 Å². The van der Waals surface area contributed by atoms with Crippen molar-refractivity contribution in [1.82, 2.24) is 9.97 Å². The minimum atomic E-state index is -0.345. The van der Waals surface area contributed by atoms with Gasteiger partial charge in [-0.2, -0.15) is 0 Å². The van der Waals surface area contributed by atoms with Gasteiger partial charge in [-0.3, -0.25) is 19.5 Å². The van der Waals surface area contributed by atoms with Crippen LogP contribution in [0.1, 0.15) is 0 Å². The van der Waals surface area contributed by atoms with Crippen LogP contribution in [0.15, 0.2) is 72.2 Å². The van der Waals surface area contributed by atoms with Crippen molar-refractivity contribution in [3.8, 4) is 33.5 Å². The van der Waals surface area contributed by atoms with Crippen LogP contribution in [-0.4, -0.2) is 42.0 Å². The first-order valence-corrected chi connectivity index (χ1v) is 11.4. The predicted octanol–water partition coefficient (Wildman–Crippen LogP) is 4.24. The van der Waals surface area contributed by atoms with Crippen molar-refractivity contribution in [1.29, 1.82) is 0 Å². The summed E-state index contributed by atoms with van der Waals surface area (Å²) in [5.41, 5.74) is 3.42. The molecule has 0 atom stereocenters. The number of nitrogens with one attached hydrogen (secondary N) is 1. The van der Waals surface area contributed by atoms with Crippen LogP contribution in [0.25, 0.3) is 22.0 Å². The van der Waals surface area contributed by atoms with Gasteiger partial charge in [0.1, 0.15) is 23.1 Å². The SMILES string of the molecule is COc1ccccc1NC(=O)CN1C(=O)COc2ccc(-c3csc(-c4ccccn4)n3)cc21. The smallest absolute Gasteiger partial charge is 0.265 e. The number of pyridine rings is 1. The Morgan fingerprint density at radius 2 is 2.00 bits per heavy atom. The third-order valence-electron chi connectivity index (χ3n) is 5.27. The number of benzene rings is 2. The molecule has 0 aliphatic carbocycles. The Morgan fingerprint density at radius 3 is 2.82 bits per heavy atom.